The van der Waals surface area contributed by atoms with E-state index in [1.165, 1.54) is 0 Å². The first-order valence-electron chi connectivity index (χ1n) is 9.52. The van der Waals surface area contributed by atoms with Crippen molar-refractivity contribution in [1.82, 2.24) is 0 Å². The first kappa shape index (κ1) is 16.4. The largest absolute Gasteiger partial charge is 0.396 e. The Hall–Kier alpha value is -1.03. The van der Waals surface area contributed by atoms with Crippen LogP contribution in [-0.2, 0) is 14.4 Å². The van der Waals surface area contributed by atoms with Crippen molar-refractivity contribution in [2.45, 2.75) is 58.8 Å². The molecule has 0 radical (unpaired) electrons. The van der Waals surface area contributed by atoms with Gasteiger partial charge in [-0.15, -0.1) is 0 Å². The van der Waals surface area contributed by atoms with E-state index in [1.807, 2.05) is 0 Å². The maximum atomic E-state index is 13.3. The van der Waals surface area contributed by atoms with Crippen molar-refractivity contribution in [1.29, 1.82) is 0 Å². The Kier molecular flexibility index (Phi) is 3.58. The standard InChI is InChI=1S/C20H28O4/c1-19-7-5-11(22)9-15(19)12(10-21)18(24)17-13-3-4-16(23)20(13,2)8-6-14(17)19/h12-15,17,21H,3-10H2,1-2H3/t12-,13?,14?,15?,17?,19-,20+/m1/s1. The van der Waals surface area contributed by atoms with Gasteiger partial charge in [0.1, 0.15) is 17.3 Å². The molecule has 0 bridgehead atoms. The van der Waals surface area contributed by atoms with Gasteiger partial charge in [0, 0.05) is 36.5 Å². The SMILES string of the molecule is C[C@]12CCC(=O)CC1[C@@H](CO)C(=O)C1C2CC[C@]2(C)C(=O)CCC12. The lowest BCUT2D eigenvalue weighted by Gasteiger charge is -2.60. The van der Waals surface area contributed by atoms with Crippen LogP contribution in [-0.4, -0.2) is 29.1 Å². The Bertz CT molecular complexity index is 611. The molecule has 0 amide bonds. The highest BCUT2D eigenvalue weighted by molar-refractivity contribution is 5.92. The predicted octanol–water partition coefficient (Wildman–Crippen LogP) is 2.56. The monoisotopic (exact) mass is 332 g/mol. The number of hydrogen-bond acceptors (Lipinski definition) is 4. The molecule has 4 aliphatic carbocycles. The Labute approximate surface area is 143 Å². The Morgan fingerprint density at radius 1 is 1.00 bits per heavy atom. The number of aliphatic hydroxyl groups excluding tert-OH is 1. The molecule has 4 saturated carbocycles. The highest BCUT2D eigenvalue weighted by Gasteiger charge is 2.65. The lowest BCUT2D eigenvalue weighted by Crippen LogP contribution is -2.61. The molecule has 0 heterocycles. The van der Waals surface area contributed by atoms with Crippen molar-refractivity contribution < 1.29 is 19.5 Å². The molecular weight excluding hydrogens is 304 g/mol. The topological polar surface area (TPSA) is 71.4 Å². The first-order chi connectivity index (χ1) is 11.3. The third-order valence-corrected chi connectivity index (χ3v) is 8.44. The zero-order chi connectivity index (χ0) is 17.3. The van der Waals surface area contributed by atoms with Crippen LogP contribution < -0.4 is 0 Å². The van der Waals surface area contributed by atoms with E-state index in [9.17, 15) is 19.5 Å². The van der Waals surface area contributed by atoms with Crippen LogP contribution in [0.3, 0.4) is 0 Å². The normalized spacial score (nSPS) is 51.1. The molecule has 4 unspecified atom stereocenters. The van der Waals surface area contributed by atoms with Gasteiger partial charge in [-0.05, 0) is 48.9 Å². The van der Waals surface area contributed by atoms with Gasteiger partial charge in [-0.2, -0.15) is 0 Å². The summed E-state index contributed by atoms with van der Waals surface area (Å²) in [6.07, 6.45) is 5.08. The Morgan fingerprint density at radius 3 is 2.46 bits per heavy atom. The molecule has 4 nitrogen and oxygen atoms in total. The fourth-order valence-corrected chi connectivity index (χ4v) is 6.95. The van der Waals surface area contributed by atoms with Gasteiger partial charge in [-0.1, -0.05) is 13.8 Å². The highest BCUT2D eigenvalue weighted by atomic mass is 16.3. The molecule has 4 fully saturated rings. The molecule has 0 aromatic heterocycles. The lowest BCUT2D eigenvalue weighted by molar-refractivity contribution is -0.170. The Morgan fingerprint density at radius 2 is 1.75 bits per heavy atom. The second kappa shape index (κ2) is 5.23. The fourth-order valence-electron chi connectivity index (χ4n) is 6.95. The number of Topliss-reactive ketones (excluding diaryl/α,β-unsaturated/α-hetero) is 3. The summed E-state index contributed by atoms with van der Waals surface area (Å²) in [4.78, 5) is 37.8. The minimum Gasteiger partial charge on any atom is -0.396 e. The lowest BCUT2D eigenvalue weighted by atomic mass is 9.43. The summed E-state index contributed by atoms with van der Waals surface area (Å²) in [7, 11) is 0. The van der Waals surface area contributed by atoms with E-state index in [4.69, 9.17) is 0 Å². The van der Waals surface area contributed by atoms with E-state index in [2.05, 4.69) is 13.8 Å². The molecule has 1 N–H and O–H groups in total. The number of aliphatic hydroxyl groups is 1. The van der Waals surface area contributed by atoms with Gasteiger partial charge in [0.25, 0.3) is 0 Å². The van der Waals surface area contributed by atoms with E-state index in [0.717, 1.165) is 25.7 Å². The zero-order valence-electron chi connectivity index (χ0n) is 14.7. The average molecular weight is 332 g/mol. The van der Waals surface area contributed by atoms with Crippen molar-refractivity contribution >= 4 is 17.3 Å². The molecule has 4 heteroatoms. The average Bonchev–Trinajstić information content (AvgIpc) is 2.85. The minimum absolute atomic E-state index is 0.0149. The van der Waals surface area contributed by atoms with Crippen LogP contribution in [0.2, 0.25) is 0 Å². The van der Waals surface area contributed by atoms with E-state index in [-0.39, 0.29) is 52.7 Å². The summed E-state index contributed by atoms with van der Waals surface area (Å²) >= 11 is 0. The van der Waals surface area contributed by atoms with Crippen LogP contribution in [0.1, 0.15) is 58.8 Å². The van der Waals surface area contributed by atoms with E-state index >= 15 is 0 Å². The summed E-state index contributed by atoms with van der Waals surface area (Å²) in [6, 6.07) is 0. The molecule has 0 aliphatic heterocycles. The van der Waals surface area contributed by atoms with Crippen molar-refractivity contribution in [3.8, 4) is 0 Å². The van der Waals surface area contributed by atoms with E-state index in [0.29, 0.717) is 25.0 Å². The van der Waals surface area contributed by atoms with Gasteiger partial charge < -0.3 is 5.11 Å². The number of ketones is 3. The molecule has 132 valence electrons. The van der Waals surface area contributed by atoms with Crippen LogP contribution in [0.5, 0.6) is 0 Å². The summed E-state index contributed by atoms with van der Waals surface area (Å²) in [6.45, 7) is 4.15. The summed E-state index contributed by atoms with van der Waals surface area (Å²) in [5.41, 5.74) is -0.392. The second-order valence-corrected chi connectivity index (χ2v) is 9.20. The number of carbonyl (C=O) groups is 3. The van der Waals surface area contributed by atoms with Gasteiger partial charge in [0.2, 0.25) is 0 Å². The van der Waals surface area contributed by atoms with Crippen LogP contribution in [0.25, 0.3) is 0 Å². The summed E-state index contributed by atoms with van der Waals surface area (Å²) < 4.78 is 0. The van der Waals surface area contributed by atoms with Gasteiger partial charge >= 0.3 is 0 Å². The van der Waals surface area contributed by atoms with Gasteiger partial charge in [-0.25, -0.2) is 0 Å². The predicted molar refractivity (Wildman–Crippen MR) is 88.1 cm³/mol. The van der Waals surface area contributed by atoms with Crippen molar-refractivity contribution in [3.05, 3.63) is 0 Å². The fraction of sp³-hybridized carbons (Fsp3) is 0.850. The third kappa shape index (κ3) is 1.92. The maximum Gasteiger partial charge on any atom is 0.142 e. The third-order valence-electron chi connectivity index (χ3n) is 8.44. The number of rotatable bonds is 1. The first-order valence-corrected chi connectivity index (χ1v) is 9.52. The smallest absolute Gasteiger partial charge is 0.142 e. The maximum absolute atomic E-state index is 13.3. The van der Waals surface area contributed by atoms with E-state index in [1.54, 1.807) is 0 Å². The second-order valence-electron chi connectivity index (χ2n) is 9.20. The van der Waals surface area contributed by atoms with Crippen molar-refractivity contribution in [3.63, 3.8) is 0 Å². The van der Waals surface area contributed by atoms with Crippen LogP contribution in [0.4, 0.5) is 0 Å². The highest BCUT2D eigenvalue weighted by Crippen LogP contribution is 2.65. The Balaban J connectivity index is 1.77. The van der Waals surface area contributed by atoms with Crippen LogP contribution in [0, 0.1) is 40.4 Å². The molecule has 24 heavy (non-hydrogen) atoms. The van der Waals surface area contributed by atoms with Gasteiger partial charge in [0.15, 0.2) is 0 Å². The molecule has 7 atom stereocenters. The molecular formula is C20H28O4. The van der Waals surface area contributed by atoms with Gasteiger partial charge in [0.05, 0.1) is 6.61 Å². The number of carbonyl (C=O) groups excluding carboxylic acids is 3. The summed E-state index contributed by atoms with van der Waals surface area (Å²) in [5.74, 6) is 0.587. The number of fused-ring (bicyclic) bond motifs is 5. The molecule has 0 aromatic rings. The van der Waals surface area contributed by atoms with Crippen LogP contribution >= 0.6 is 0 Å². The van der Waals surface area contributed by atoms with Crippen LogP contribution in [0.15, 0.2) is 0 Å². The quantitative estimate of drug-likeness (QED) is 0.801. The molecule has 0 aromatic carbocycles. The summed E-state index contributed by atoms with van der Waals surface area (Å²) in [5, 5.41) is 9.95. The van der Waals surface area contributed by atoms with Crippen molar-refractivity contribution in [2.24, 2.45) is 40.4 Å². The number of hydrogen-bond donors (Lipinski definition) is 1. The molecule has 0 spiro atoms. The van der Waals surface area contributed by atoms with E-state index < -0.39 is 5.92 Å². The molecule has 4 aliphatic rings. The molecule has 0 saturated heterocycles. The van der Waals surface area contributed by atoms with Gasteiger partial charge in [-0.3, -0.25) is 14.4 Å². The zero-order valence-corrected chi connectivity index (χ0v) is 14.7. The minimum atomic E-state index is -0.418. The molecule has 4 rings (SSSR count). The van der Waals surface area contributed by atoms with Crippen molar-refractivity contribution in [2.75, 3.05) is 6.61 Å².